The minimum Gasteiger partial charge on any atom is -0.337 e. The van der Waals surface area contributed by atoms with Crippen LogP contribution in [0.25, 0.3) is 11.1 Å². The first-order valence-corrected chi connectivity index (χ1v) is 11.1. The molecule has 2 aromatic carbocycles. The fourth-order valence-electron chi connectivity index (χ4n) is 3.69. The van der Waals surface area contributed by atoms with Gasteiger partial charge in [0.25, 0.3) is 5.91 Å². The highest BCUT2D eigenvalue weighted by molar-refractivity contribution is 7.88. The Kier molecular flexibility index (Phi) is 5.67. The zero-order valence-corrected chi connectivity index (χ0v) is 16.7. The molecule has 1 saturated heterocycles. The highest BCUT2D eigenvalue weighted by Crippen LogP contribution is 2.27. The molecule has 0 aromatic heterocycles. The molecule has 144 valence electrons. The van der Waals surface area contributed by atoms with E-state index >= 15 is 0 Å². The maximum atomic E-state index is 12.9. The van der Waals surface area contributed by atoms with Gasteiger partial charge in [0.05, 0.1) is 6.26 Å². The third kappa shape index (κ3) is 4.76. The second-order valence-corrected chi connectivity index (χ2v) is 9.34. The number of sulfonamides is 1. The van der Waals surface area contributed by atoms with E-state index in [1.165, 1.54) is 0 Å². The number of rotatable bonds is 5. The molecule has 1 N–H and O–H groups in total. The molecule has 3 rings (SSSR count). The summed E-state index contributed by atoms with van der Waals surface area (Å²) in [5.41, 5.74) is 2.79. The molecule has 1 amide bonds. The summed E-state index contributed by atoms with van der Waals surface area (Å²) in [5, 5.41) is 0. The molecule has 1 heterocycles. The SMILES string of the molecule is CC(C)C1CN(C(=O)c2ccc(-c3ccccc3)cc2)CC1NS(C)(=O)=O. The predicted molar refractivity (Wildman–Crippen MR) is 108 cm³/mol. The van der Waals surface area contributed by atoms with E-state index in [0.717, 1.165) is 17.4 Å². The second-order valence-electron chi connectivity index (χ2n) is 7.56. The van der Waals surface area contributed by atoms with Crippen LogP contribution >= 0.6 is 0 Å². The number of nitrogens with zero attached hydrogens (tertiary/aromatic N) is 1. The molecule has 1 aliphatic heterocycles. The second kappa shape index (κ2) is 7.82. The van der Waals surface area contributed by atoms with E-state index in [-0.39, 0.29) is 23.8 Å². The van der Waals surface area contributed by atoms with Crippen molar-refractivity contribution in [3.8, 4) is 11.1 Å². The summed E-state index contributed by atoms with van der Waals surface area (Å²) >= 11 is 0. The Bertz CT molecular complexity index is 893. The summed E-state index contributed by atoms with van der Waals surface area (Å²) in [5.74, 6) is 0.327. The van der Waals surface area contributed by atoms with Gasteiger partial charge in [-0.25, -0.2) is 13.1 Å². The van der Waals surface area contributed by atoms with Gasteiger partial charge in [0.2, 0.25) is 10.0 Å². The molecule has 0 spiro atoms. The van der Waals surface area contributed by atoms with Gasteiger partial charge in [-0.2, -0.15) is 0 Å². The van der Waals surface area contributed by atoms with Crippen molar-refractivity contribution < 1.29 is 13.2 Å². The average Bonchev–Trinajstić information content (AvgIpc) is 3.04. The monoisotopic (exact) mass is 386 g/mol. The molecule has 0 radical (unpaired) electrons. The van der Waals surface area contributed by atoms with E-state index in [1.807, 2.05) is 54.6 Å². The Morgan fingerprint density at radius 1 is 1.00 bits per heavy atom. The first kappa shape index (κ1) is 19.6. The number of hydrogen-bond donors (Lipinski definition) is 1. The lowest BCUT2D eigenvalue weighted by Gasteiger charge is -2.21. The summed E-state index contributed by atoms with van der Waals surface area (Å²) < 4.78 is 26.0. The van der Waals surface area contributed by atoms with Crippen molar-refractivity contribution in [1.82, 2.24) is 9.62 Å². The van der Waals surface area contributed by atoms with Gasteiger partial charge in [-0.15, -0.1) is 0 Å². The van der Waals surface area contributed by atoms with Crippen LogP contribution in [0.5, 0.6) is 0 Å². The molecule has 0 aliphatic carbocycles. The molecule has 27 heavy (non-hydrogen) atoms. The van der Waals surface area contributed by atoms with Crippen molar-refractivity contribution in [2.45, 2.75) is 19.9 Å². The Balaban J connectivity index is 1.75. The van der Waals surface area contributed by atoms with Crippen LogP contribution in [0.15, 0.2) is 54.6 Å². The lowest BCUT2D eigenvalue weighted by atomic mass is 9.92. The first-order chi connectivity index (χ1) is 12.7. The van der Waals surface area contributed by atoms with E-state index in [9.17, 15) is 13.2 Å². The Morgan fingerprint density at radius 3 is 2.15 bits per heavy atom. The largest absolute Gasteiger partial charge is 0.337 e. The van der Waals surface area contributed by atoms with E-state index in [0.29, 0.717) is 18.7 Å². The molecule has 1 fully saturated rings. The van der Waals surface area contributed by atoms with E-state index in [4.69, 9.17) is 0 Å². The number of amides is 1. The van der Waals surface area contributed by atoms with E-state index < -0.39 is 10.0 Å². The van der Waals surface area contributed by atoms with Crippen molar-refractivity contribution >= 4 is 15.9 Å². The van der Waals surface area contributed by atoms with Gasteiger partial charge >= 0.3 is 0 Å². The minimum absolute atomic E-state index is 0.0573. The van der Waals surface area contributed by atoms with Crippen LogP contribution in [0.3, 0.4) is 0 Å². The predicted octanol–water partition coefficient (Wildman–Crippen LogP) is 3.00. The zero-order chi connectivity index (χ0) is 19.6. The van der Waals surface area contributed by atoms with Crippen LogP contribution in [-0.4, -0.2) is 44.6 Å². The molecule has 5 nitrogen and oxygen atoms in total. The topological polar surface area (TPSA) is 66.5 Å². The van der Waals surface area contributed by atoms with Crippen LogP contribution < -0.4 is 4.72 Å². The number of benzene rings is 2. The molecule has 2 unspecified atom stereocenters. The van der Waals surface area contributed by atoms with Crippen LogP contribution in [-0.2, 0) is 10.0 Å². The van der Waals surface area contributed by atoms with Gasteiger partial charge in [-0.3, -0.25) is 4.79 Å². The standard InChI is InChI=1S/C21H26N2O3S/c1-15(2)19-13-23(14-20(19)22-27(3,25)26)21(24)18-11-9-17(10-12-18)16-7-5-4-6-8-16/h4-12,15,19-20,22H,13-14H2,1-3H3. The summed E-state index contributed by atoms with van der Waals surface area (Å²) in [6.45, 7) is 5.08. The molecule has 2 atom stereocenters. The summed E-state index contributed by atoms with van der Waals surface area (Å²) in [6.07, 6.45) is 1.16. The van der Waals surface area contributed by atoms with Crippen molar-refractivity contribution in [1.29, 1.82) is 0 Å². The quantitative estimate of drug-likeness (QED) is 0.859. The first-order valence-electron chi connectivity index (χ1n) is 9.16. The highest BCUT2D eigenvalue weighted by Gasteiger charge is 2.38. The summed E-state index contributed by atoms with van der Waals surface area (Å²) in [7, 11) is -3.31. The smallest absolute Gasteiger partial charge is 0.253 e. The third-order valence-corrected chi connectivity index (χ3v) is 5.84. The summed E-state index contributed by atoms with van der Waals surface area (Å²) in [4.78, 5) is 14.7. The number of carbonyl (C=O) groups excluding carboxylic acids is 1. The Hall–Kier alpha value is -2.18. The molecule has 0 bridgehead atoms. The van der Waals surface area contributed by atoms with Gasteiger partial charge in [0.15, 0.2) is 0 Å². The van der Waals surface area contributed by atoms with E-state index in [1.54, 1.807) is 4.90 Å². The normalized spacial score (nSPS) is 20.2. The van der Waals surface area contributed by atoms with Gasteiger partial charge in [-0.1, -0.05) is 56.3 Å². The summed E-state index contributed by atoms with van der Waals surface area (Å²) in [6, 6.07) is 17.3. The van der Waals surface area contributed by atoms with Crippen molar-refractivity contribution in [3.63, 3.8) is 0 Å². The molecule has 6 heteroatoms. The van der Waals surface area contributed by atoms with Crippen molar-refractivity contribution in [2.24, 2.45) is 11.8 Å². The van der Waals surface area contributed by atoms with Crippen LogP contribution in [0, 0.1) is 11.8 Å². The van der Waals surface area contributed by atoms with Gasteiger partial charge in [0, 0.05) is 24.7 Å². The highest BCUT2D eigenvalue weighted by atomic mass is 32.2. The maximum Gasteiger partial charge on any atom is 0.253 e. The lowest BCUT2D eigenvalue weighted by molar-refractivity contribution is 0.0783. The van der Waals surface area contributed by atoms with Crippen molar-refractivity contribution in [2.75, 3.05) is 19.3 Å². The van der Waals surface area contributed by atoms with Crippen molar-refractivity contribution in [3.05, 3.63) is 60.2 Å². The number of nitrogens with one attached hydrogen (secondary N) is 1. The van der Waals surface area contributed by atoms with Gasteiger partial charge in [0.1, 0.15) is 0 Å². The molecule has 0 saturated carbocycles. The number of likely N-dealkylation sites (tertiary alicyclic amines) is 1. The molecular weight excluding hydrogens is 360 g/mol. The molecular formula is C21H26N2O3S. The lowest BCUT2D eigenvalue weighted by Crippen LogP contribution is -2.41. The Morgan fingerprint density at radius 2 is 1.59 bits per heavy atom. The van der Waals surface area contributed by atoms with Crippen LogP contribution in [0.4, 0.5) is 0 Å². The third-order valence-electron chi connectivity index (χ3n) is 5.11. The van der Waals surface area contributed by atoms with E-state index in [2.05, 4.69) is 18.6 Å². The fourth-order valence-corrected chi connectivity index (χ4v) is 4.49. The number of carbonyl (C=O) groups is 1. The fraction of sp³-hybridized carbons (Fsp3) is 0.381. The van der Waals surface area contributed by atoms with Crippen LogP contribution in [0.2, 0.25) is 0 Å². The zero-order valence-electron chi connectivity index (χ0n) is 15.9. The molecule has 2 aromatic rings. The molecule has 1 aliphatic rings. The minimum atomic E-state index is -3.31. The maximum absolute atomic E-state index is 12.9. The van der Waals surface area contributed by atoms with Gasteiger partial charge < -0.3 is 4.90 Å². The average molecular weight is 387 g/mol. The van der Waals surface area contributed by atoms with Gasteiger partial charge in [-0.05, 0) is 35.1 Å². The van der Waals surface area contributed by atoms with Crippen LogP contribution in [0.1, 0.15) is 24.2 Å². The number of hydrogen-bond acceptors (Lipinski definition) is 3. The Labute approximate surface area is 161 Å².